The average molecular weight is 382 g/mol. The van der Waals surface area contributed by atoms with Crippen LogP contribution in [0.15, 0.2) is 47.6 Å². The summed E-state index contributed by atoms with van der Waals surface area (Å²) in [6.07, 6.45) is 0. The molecule has 0 atom stereocenters. The fourth-order valence-electron chi connectivity index (χ4n) is 2.29. The van der Waals surface area contributed by atoms with Crippen LogP contribution in [0.5, 0.6) is 0 Å². The minimum atomic E-state index is -0.211. The van der Waals surface area contributed by atoms with Crippen LogP contribution >= 0.6 is 35.0 Å². The zero-order valence-corrected chi connectivity index (χ0v) is 15.2. The standard InChI is InChI=1S/C17H14Cl2FN3S/c1-2-23-16(11-7-8-13(18)14(19)9-11)21-22-17(23)24-10-12-5-3-4-6-15(12)20/h3-9H,2,10H2,1H3. The minimum absolute atomic E-state index is 0.211. The second kappa shape index (κ2) is 7.55. The van der Waals surface area contributed by atoms with Gasteiger partial charge in [0.25, 0.3) is 0 Å². The number of nitrogens with zero attached hydrogens (tertiary/aromatic N) is 3. The highest BCUT2D eigenvalue weighted by molar-refractivity contribution is 7.98. The number of halogens is 3. The maximum Gasteiger partial charge on any atom is 0.191 e. The Kier molecular flexibility index (Phi) is 5.43. The van der Waals surface area contributed by atoms with E-state index in [0.29, 0.717) is 33.7 Å². The van der Waals surface area contributed by atoms with Crippen LogP contribution in [0.25, 0.3) is 11.4 Å². The van der Waals surface area contributed by atoms with Gasteiger partial charge in [-0.25, -0.2) is 4.39 Å². The van der Waals surface area contributed by atoms with Crippen molar-refractivity contribution in [2.24, 2.45) is 0 Å². The molecule has 0 saturated carbocycles. The van der Waals surface area contributed by atoms with Crippen LogP contribution in [-0.4, -0.2) is 14.8 Å². The quantitative estimate of drug-likeness (QED) is 0.530. The van der Waals surface area contributed by atoms with Gasteiger partial charge in [0.2, 0.25) is 0 Å². The van der Waals surface area contributed by atoms with Gasteiger partial charge in [-0.1, -0.05) is 53.2 Å². The topological polar surface area (TPSA) is 30.7 Å². The lowest BCUT2D eigenvalue weighted by Crippen LogP contribution is -2.00. The van der Waals surface area contributed by atoms with E-state index in [-0.39, 0.29) is 5.82 Å². The van der Waals surface area contributed by atoms with Crippen LogP contribution in [0.2, 0.25) is 10.0 Å². The van der Waals surface area contributed by atoms with Crippen LogP contribution < -0.4 is 0 Å². The van der Waals surface area contributed by atoms with Crippen LogP contribution in [0.1, 0.15) is 12.5 Å². The van der Waals surface area contributed by atoms with Crippen molar-refractivity contribution < 1.29 is 4.39 Å². The zero-order valence-electron chi connectivity index (χ0n) is 12.8. The Morgan fingerprint density at radius 2 is 1.88 bits per heavy atom. The van der Waals surface area contributed by atoms with Crippen molar-refractivity contribution in [3.63, 3.8) is 0 Å². The molecule has 7 heteroatoms. The molecule has 0 aliphatic carbocycles. The lowest BCUT2D eigenvalue weighted by Gasteiger charge is -2.08. The van der Waals surface area contributed by atoms with Gasteiger partial charge in [0.15, 0.2) is 11.0 Å². The third-order valence-electron chi connectivity index (χ3n) is 3.53. The summed E-state index contributed by atoms with van der Waals surface area (Å²) in [6.45, 7) is 2.71. The highest BCUT2D eigenvalue weighted by atomic mass is 35.5. The Bertz CT molecular complexity index is 867. The van der Waals surface area contributed by atoms with Crippen molar-refractivity contribution in [1.29, 1.82) is 0 Å². The molecule has 0 aliphatic heterocycles. The first-order chi connectivity index (χ1) is 11.6. The van der Waals surface area contributed by atoms with Gasteiger partial charge in [0.1, 0.15) is 5.82 Å². The third-order valence-corrected chi connectivity index (χ3v) is 5.28. The van der Waals surface area contributed by atoms with E-state index in [1.807, 2.05) is 23.6 Å². The van der Waals surface area contributed by atoms with E-state index in [9.17, 15) is 4.39 Å². The molecular weight excluding hydrogens is 368 g/mol. The van der Waals surface area contributed by atoms with Crippen LogP contribution in [0.4, 0.5) is 4.39 Å². The lowest BCUT2D eigenvalue weighted by atomic mass is 10.2. The van der Waals surface area contributed by atoms with E-state index in [1.165, 1.54) is 17.8 Å². The summed E-state index contributed by atoms with van der Waals surface area (Å²) in [4.78, 5) is 0. The molecule has 0 spiro atoms. The fraction of sp³-hybridized carbons (Fsp3) is 0.176. The fourth-order valence-corrected chi connectivity index (χ4v) is 3.57. The van der Waals surface area contributed by atoms with Gasteiger partial charge in [-0.3, -0.25) is 0 Å². The molecule has 3 aromatic rings. The van der Waals surface area contributed by atoms with Gasteiger partial charge >= 0.3 is 0 Å². The Labute approximate surface area is 153 Å². The molecule has 0 unspecified atom stereocenters. The monoisotopic (exact) mass is 381 g/mol. The van der Waals surface area contributed by atoms with E-state index in [2.05, 4.69) is 10.2 Å². The van der Waals surface area contributed by atoms with Crippen molar-refractivity contribution in [2.45, 2.75) is 24.4 Å². The molecule has 1 aromatic heterocycles. The first-order valence-corrected chi connectivity index (χ1v) is 9.09. The molecule has 3 rings (SSSR count). The molecule has 0 aliphatic rings. The largest absolute Gasteiger partial charge is 0.302 e. The number of aromatic nitrogens is 3. The smallest absolute Gasteiger partial charge is 0.191 e. The van der Waals surface area contributed by atoms with Crippen molar-refractivity contribution in [2.75, 3.05) is 0 Å². The molecule has 3 nitrogen and oxygen atoms in total. The SMILES string of the molecule is CCn1c(SCc2ccccc2F)nnc1-c1ccc(Cl)c(Cl)c1. The Morgan fingerprint density at radius 3 is 2.58 bits per heavy atom. The molecule has 0 bridgehead atoms. The molecule has 0 amide bonds. The molecule has 0 N–H and O–H groups in total. The number of hydrogen-bond acceptors (Lipinski definition) is 3. The lowest BCUT2D eigenvalue weighted by molar-refractivity contribution is 0.617. The molecular formula is C17H14Cl2FN3S. The maximum atomic E-state index is 13.7. The predicted octanol–water partition coefficient (Wildman–Crippen LogP) is 5.70. The van der Waals surface area contributed by atoms with Crippen LogP contribution in [-0.2, 0) is 12.3 Å². The van der Waals surface area contributed by atoms with E-state index >= 15 is 0 Å². The molecule has 124 valence electrons. The van der Waals surface area contributed by atoms with Gasteiger partial charge < -0.3 is 4.57 Å². The number of hydrogen-bond donors (Lipinski definition) is 0. The molecule has 0 fully saturated rings. The molecule has 0 saturated heterocycles. The normalized spacial score (nSPS) is 11.0. The zero-order chi connectivity index (χ0) is 17.1. The van der Waals surface area contributed by atoms with Crippen LogP contribution in [0.3, 0.4) is 0 Å². The summed E-state index contributed by atoms with van der Waals surface area (Å²) in [5.74, 6) is 0.996. The molecule has 2 aromatic carbocycles. The number of thioether (sulfide) groups is 1. The Balaban J connectivity index is 1.87. The highest BCUT2D eigenvalue weighted by Crippen LogP contribution is 2.30. The van der Waals surface area contributed by atoms with Gasteiger partial charge in [0.05, 0.1) is 10.0 Å². The summed E-state index contributed by atoms with van der Waals surface area (Å²) in [7, 11) is 0. The second-order valence-electron chi connectivity index (χ2n) is 5.06. The van der Waals surface area contributed by atoms with Crippen LogP contribution in [0, 0.1) is 5.82 Å². The van der Waals surface area contributed by atoms with E-state index in [0.717, 1.165) is 10.7 Å². The Hall–Kier alpha value is -1.56. The summed E-state index contributed by atoms with van der Waals surface area (Å²) in [5.41, 5.74) is 1.49. The van der Waals surface area contributed by atoms with Gasteiger partial charge in [-0.05, 0) is 36.8 Å². The first-order valence-electron chi connectivity index (χ1n) is 7.35. The maximum absolute atomic E-state index is 13.7. The second-order valence-corrected chi connectivity index (χ2v) is 6.82. The first kappa shape index (κ1) is 17.3. The minimum Gasteiger partial charge on any atom is -0.302 e. The predicted molar refractivity (Wildman–Crippen MR) is 97.1 cm³/mol. The molecule has 1 heterocycles. The number of benzene rings is 2. The number of rotatable bonds is 5. The van der Waals surface area contributed by atoms with E-state index < -0.39 is 0 Å². The highest BCUT2D eigenvalue weighted by Gasteiger charge is 2.15. The van der Waals surface area contributed by atoms with Gasteiger partial charge in [-0.2, -0.15) is 0 Å². The summed E-state index contributed by atoms with van der Waals surface area (Å²) in [5, 5.41) is 10.2. The summed E-state index contributed by atoms with van der Waals surface area (Å²) < 4.78 is 15.7. The van der Waals surface area contributed by atoms with E-state index in [1.54, 1.807) is 24.3 Å². The Morgan fingerprint density at radius 1 is 1.08 bits per heavy atom. The summed E-state index contributed by atoms with van der Waals surface area (Å²) >= 11 is 13.5. The van der Waals surface area contributed by atoms with Crippen molar-refractivity contribution in [1.82, 2.24) is 14.8 Å². The van der Waals surface area contributed by atoms with Gasteiger partial charge in [0, 0.05) is 17.9 Å². The third kappa shape index (κ3) is 3.58. The van der Waals surface area contributed by atoms with Crippen molar-refractivity contribution in [3.8, 4) is 11.4 Å². The van der Waals surface area contributed by atoms with Crippen molar-refractivity contribution >= 4 is 35.0 Å². The molecule has 0 radical (unpaired) electrons. The van der Waals surface area contributed by atoms with E-state index in [4.69, 9.17) is 23.2 Å². The molecule has 24 heavy (non-hydrogen) atoms. The summed E-state index contributed by atoms with van der Waals surface area (Å²) in [6, 6.07) is 12.1. The average Bonchev–Trinajstić information content (AvgIpc) is 2.99. The van der Waals surface area contributed by atoms with Gasteiger partial charge in [-0.15, -0.1) is 10.2 Å². The van der Waals surface area contributed by atoms with Crippen molar-refractivity contribution in [3.05, 3.63) is 63.9 Å².